The fraction of sp³-hybridized carbons (Fsp3) is 0.941. The smallest absolute Gasteiger partial charge is 0.222 e. The highest BCUT2D eigenvalue weighted by Gasteiger charge is 2.36. The summed E-state index contributed by atoms with van der Waals surface area (Å²) < 4.78 is 11.2. The van der Waals surface area contributed by atoms with Crippen LogP contribution >= 0.6 is 0 Å². The molecule has 0 aromatic rings. The van der Waals surface area contributed by atoms with Gasteiger partial charge in [-0.05, 0) is 31.6 Å². The number of morpholine rings is 1. The zero-order valence-electron chi connectivity index (χ0n) is 13.8. The first-order valence-electron chi connectivity index (χ1n) is 8.95. The van der Waals surface area contributed by atoms with E-state index in [1.165, 1.54) is 12.8 Å². The first-order valence-corrected chi connectivity index (χ1v) is 8.95. The number of likely N-dealkylation sites (tertiary alicyclic amines) is 1. The summed E-state index contributed by atoms with van der Waals surface area (Å²) in [5, 5.41) is 0. The molecule has 5 nitrogen and oxygen atoms in total. The molecule has 0 spiro atoms. The second-order valence-corrected chi connectivity index (χ2v) is 7.02. The molecule has 3 aliphatic heterocycles. The van der Waals surface area contributed by atoms with Gasteiger partial charge < -0.3 is 14.4 Å². The van der Waals surface area contributed by atoms with Crippen LogP contribution < -0.4 is 0 Å². The van der Waals surface area contributed by atoms with E-state index in [1.807, 2.05) is 0 Å². The summed E-state index contributed by atoms with van der Waals surface area (Å²) in [4.78, 5) is 17.1. The van der Waals surface area contributed by atoms with E-state index >= 15 is 0 Å². The Labute approximate surface area is 133 Å². The number of carbonyl (C=O) groups is 1. The fourth-order valence-corrected chi connectivity index (χ4v) is 4.02. The molecule has 3 aliphatic rings. The van der Waals surface area contributed by atoms with Gasteiger partial charge in [-0.25, -0.2) is 0 Å². The molecule has 0 bridgehead atoms. The Morgan fingerprint density at radius 1 is 1.14 bits per heavy atom. The number of ether oxygens (including phenoxy) is 2. The van der Waals surface area contributed by atoms with Crippen molar-refractivity contribution in [1.29, 1.82) is 0 Å². The van der Waals surface area contributed by atoms with Crippen molar-refractivity contribution in [2.75, 3.05) is 46.0 Å². The van der Waals surface area contributed by atoms with Gasteiger partial charge in [0.05, 0.1) is 19.3 Å². The lowest BCUT2D eigenvalue weighted by Crippen LogP contribution is -2.47. The summed E-state index contributed by atoms with van der Waals surface area (Å²) >= 11 is 0. The topological polar surface area (TPSA) is 42.0 Å². The summed E-state index contributed by atoms with van der Waals surface area (Å²) in [6.45, 7) is 8.63. The Morgan fingerprint density at radius 3 is 2.68 bits per heavy atom. The molecule has 0 N–H and O–H groups in total. The number of carbonyl (C=O) groups excluding carboxylic acids is 1. The summed E-state index contributed by atoms with van der Waals surface area (Å²) in [5.74, 6) is 0.879. The molecule has 0 saturated carbocycles. The van der Waals surface area contributed by atoms with Crippen molar-refractivity contribution in [2.45, 2.75) is 51.2 Å². The van der Waals surface area contributed by atoms with Gasteiger partial charge in [-0.2, -0.15) is 0 Å². The zero-order valence-corrected chi connectivity index (χ0v) is 13.8. The van der Waals surface area contributed by atoms with Crippen LogP contribution in [-0.4, -0.2) is 73.9 Å². The van der Waals surface area contributed by atoms with E-state index in [9.17, 15) is 4.79 Å². The SMILES string of the molecule is C[C@@H]1CN(C(=O)CC[C@H]2CCCCO2)C[C@@H]1N1CCOCC1. The summed E-state index contributed by atoms with van der Waals surface area (Å²) in [5.41, 5.74) is 0. The Kier molecular flexibility index (Phi) is 5.71. The van der Waals surface area contributed by atoms with E-state index < -0.39 is 0 Å². The predicted molar refractivity (Wildman–Crippen MR) is 84.7 cm³/mol. The minimum Gasteiger partial charge on any atom is -0.379 e. The van der Waals surface area contributed by atoms with Crippen LogP contribution in [0.15, 0.2) is 0 Å². The van der Waals surface area contributed by atoms with Crippen LogP contribution in [0.1, 0.15) is 39.0 Å². The molecule has 0 unspecified atom stereocenters. The molecular weight excluding hydrogens is 280 g/mol. The number of hydrogen-bond acceptors (Lipinski definition) is 4. The van der Waals surface area contributed by atoms with Crippen molar-refractivity contribution < 1.29 is 14.3 Å². The van der Waals surface area contributed by atoms with E-state index in [2.05, 4.69) is 16.7 Å². The van der Waals surface area contributed by atoms with Crippen LogP contribution in [0.2, 0.25) is 0 Å². The van der Waals surface area contributed by atoms with E-state index in [0.717, 1.165) is 58.8 Å². The summed E-state index contributed by atoms with van der Waals surface area (Å²) in [7, 11) is 0. The lowest BCUT2D eigenvalue weighted by Gasteiger charge is -2.34. The van der Waals surface area contributed by atoms with Gasteiger partial charge in [-0.15, -0.1) is 0 Å². The van der Waals surface area contributed by atoms with Gasteiger partial charge in [0.1, 0.15) is 0 Å². The molecule has 0 radical (unpaired) electrons. The number of amides is 1. The first-order chi connectivity index (χ1) is 10.7. The van der Waals surface area contributed by atoms with Crippen LogP contribution in [0.3, 0.4) is 0 Å². The lowest BCUT2D eigenvalue weighted by molar-refractivity contribution is -0.131. The van der Waals surface area contributed by atoms with Gasteiger partial charge in [0.15, 0.2) is 0 Å². The lowest BCUT2D eigenvalue weighted by atomic mass is 10.0. The molecule has 0 aromatic heterocycles. The van der Waals surface area contributed by atoms with Gasteiger partial charge in [-0.3, -0.25) is 9.69 Å². The summed E-state index contributed by atoms with van der Waals surface area (Å²) in [6.07, 6.45) is 5.40. The number of rotatable bonds is 4. The third-order valence-electron chi connectivity index (χ3n) is 5.39. The average molecular weight is 310 g/mol. The maximum absolute atomic E-state index is 12.5. The van der Waals surface area contributed by atoms with E-state index in [-0.39, 0.29) is 0 Å². The minimum absolute atomic E-state index is 0.313. The summed E-state index contributed by atoms with van der Waals surface area (Å²) in [6, 6.07) is 0.513. The highest BCUT2D eigenvalue weighted by atomic mass is 16.5. The van der Waals surface area contributed by atoms with Crippen molar-refractivity contribution in [3.8, 4) is 0 Å². The molecule has 1 amide bonds. The quantitative estimate of drug-likeness (QED) is 0.789. The Morgan fingerprint density at radius 2 is 1.95 bits per heavy atom. The van der Waals surface area contributed by atoms with Crippen molar-refractivity contribution in [1.82, 2.24) is 9.80 Å². The average Bonchev–Trinajstić information content (AvgIpc) is 2.96. The first kappa shape index (κ1) is 16.2. The molecular formula is C17H30N2O3. The van der Waals surface area contributed by atoms with Gasteiger partial charge in [0, 0.05) is 45.2 Å². The third-order valence-corrected chi connectivity index (χ3v) is 5.39. The molecule has 3 heterocycles. The van der Waals surface area contributed by atoms with E-state index in [4.69, 9.17) is 9.47 Å². The number of nitrogens with zero attached hydrogens (tertiary/aromatic N) is 2. The molecule has 5 heteroatoms. The largest absolute Gasteiger partial charge is 0.379 e. The molecule has 3 fully saturated rings. The highest BCUT2D eigenvalue weighted by Crippen LogP contribution is 2.24. The van der Waals surface area contributed by atoms with Crippen molar-refractivity contribution in [3.63, 3.8) is 0 Å². The molecule has 22 heavy (non-hydrogen) atoms. The standard InChI is InChI=1S/C17H30N2O3/c1-14-12-19(13-16(14)18-7-10-21-11-8-18)17(20)6-5-15-4-2-3-9-22-15/h14-16H,2-13H2,1H3/t14-,15-,16+/m1/s1. The van der Waals surface area contributed by atoms with Crippen LogP contribution in [-0.2, 0) is 14.3 Å². The Bertz CT molecular complexity index is 365. The normalized spacial score (nSPS) is 34.0. The molecule has 3 saturated heterocycles. The molecule has 126 valence electrons. The highest BCUT2D eigenvalue weighted by molar-refractivity contribution is 5.76. The zero-order chi connectivity index (χ0) is 15.4. The number of hydrogen-bond donors (Lipinski definition) is 0. The molecule has 0 aliphatic carbocycles. The predicted octanol–water partition coefficient (Wildman–Crippen LogP) is 1.51. The minimum atomic E-state index is 0.313. The maximum atomic E-state index is 12.5. The second kappa shape index (κ2) is 7.75. The van der Waals surface area contributed by atoms with Crippen LogP contribution in [0, 0.1) is 5.92 Å². The van der Waals surface area contributed by atoms with Gasteiger partial charge in [0.25, 0.3) is 0 Å². The van der Waals surface area contributed by atoms with E-state index in [1.54, 1.807) is 0 Å². The van der Waals surface area contributed by atoms with Crippen molar-refractivity contribution in [2.24, 2.45) is 5.92 Å². The molecule has 3 atom stereocenters. The molecule has 0 aromatic carbocycles. The van der Waals surface area contributed by atoms with E-state index in [0.29, 0.717) is 30.4 Å². The van der Waals surface area contributed by atoms with Crippen molar-refractivity contribution >= 4 is 5.91 Å². The van der Waals surface area contributed by atoms with Crippen LogP contribution in [0.5, 0.6) is 0 Å². The fourth-order valence-electron chi connectivity index (χ4n) is 4.02. The van der Waals surface area contributed by atoms with Gasteiger partial charge in [0.2, 0.25) is 5.91 Å². The monoisotopic (exact) mass is 310 g/mol. The van der Waals surface area contributed by atoms with Gasteiger partial charge >= 0.3 is 0 Å². The van der Waals surface area contributed by atoms with Gasteiger partial charge in [-0.1, -0.05) is 6.92 Å². The Hall–Kier alpha value is -0.650. The van der Waals surface area contributed by atoms with Crippen LogP contribution in [0.25, 0.3) is 0 Å². The third kappa shape index (κ3) is 4.00. The Balaban J connectivity index is 1.44. The van der Waals surface area contributed by atoms with Crippen LogP contribution in [0.4, 0.5) is 0 Å². The molecule has 3 rings (SSSR count). The second-order valence-electron chi connectivity index (χ2n) is 7.02. The maximum Gasteiger partial charge on any atom is 0.222 e. The van der Waals surface area contributed by atoms with Crippen molar-refractivity contribution in [3.05, 3.63) is 0 Å².